The van der Waals surface area contributed by atoms with Crippen molar-refractivity contribution >= 4 is 27.5 Å². The standard InChI is InChI=1S/C18H20BrFN2O4/c1-11-17(19)21-18(22(11)2)14(24)6-5-13(23)12-4-7-15(26-9-8-20)16(10-12)25-3/h4,7,10H,5-6,8-9H2,1-3H3. The average molecular weight is 427 g/mol. The summed E-state index contributed by atoms with van der Waals surface area (Å²) in [7, 11) is 3.19. The molecule has 1 heterocycles. The van der Waals surface area contributed by atoms with Crippen molar-refractivity contribution in [2.24, 2.45) is 7.05 Å². The number of hydrogen-bond donors (Lipinski definition) is 0. The molecule has 0 fully saturated rings. The average Bonchev–Trinajstić information content (AvgIpc) is 2.91. The highest BCUT2D eigenvalue weighted by atomic mass is 79.9. The predicted molar refractivity (Wildman–Crippen MR) is 98.0 cm³/mol. The van der Waals surface area contributed by atoms with Crippen molar-refractivity contribution in [2.45, 2.75) is 19.8 Å². The molecule has 140 valence electrons. The maximum atomic E-state index is 12.4. The lowest BCUT2D eigenvalue weighted by atomic mass is 10.0. The third kappa shape index (κ3) is 4.49. The van der Waals surface area contributed by atoms with E-state index in [4.69, 9.17) is 9.47 Å². The van der Waals surface area contributed by atoms with E-state index >= 15 is 0 Å². The molecular weight excluding hydrogens is 407 g/mol. The molecule has 6 nitrogen and oxygen atoms in total. The minimum Gasteiger partial charge on any atom is -0.493 e. The number of halogens is 2. The van der Waals surface area contributed by atoms with Crippen molar-refractivity contribution in [3.63, 3.8) is 0 Å². The third-order valence-electron chi connectivity index (χ3n) is 3.97. The van der Waals surface area contributed by atoms with Crippen molar-refractivity contribution in [2.75, 3.05) is 20.4 Å². The van der Waals surface area contributed by atoms with Gasteiger partial charge in [0.1, 0.15) is 17.9 Å². The fourth-order valence-corrected chi connectivity index (χ4v) is 2.82. The summed E-state index contributed by atoms with van der Waals surface area (Å²) in [6, 6.07) is 4.66. The zero-order valence-corrected chi connectivity index (χ0v) is 16.4. The van der Waals surface area contributed by atoms with Gasteiger partial charge in [-0.25, -0.2) is 9.37 Å². The molecule has 0 amide bonds. The summed E-state index contributed by atoms with van der Waals surface area (Å²) in [5, 5.41) is 0. The first kappa shape index (κ1) is 20.1. The summed E-state index contributed by atoms with van der Waals surface area (Å²) in [5.41, 5.74) is 1.24. The monoisotopic (exact) mass is 426 g/mol. The molecule has 0 N–H and O–H groups in total. The molecule has 0 aliphatic carbocycles. The van der Waals surface area contributed by atoms with Crippen LogP contribution in [-0.2, 0) is 7.05 Å². The second kappa shape index (κ2) is 8.93. The normalized spacial score (nSPS) is 10.7. The second-order valence-electron chi connectivity index (χ2n) is 5.62. The van der Waals surface area contributed by atoms with Gasteiger partial charge in [-0.3, -0.25) is 9.59 Å². The molecule has 1 aromatic carbocycles. The van der Waals surface area contributed by atoms with E-state index in [0.717, 1.165) is 5.69 Å². The Balaban J connectivity index is 2.05. The van der Waals surface area contributed by atoms with E-state index in [9.17, 15) is 14.0 Å². The van der Waals surface area contributed by atoms with E-state index in [2.05, 4.69) is 20.9 Å². The number of methoxy groups -OCH3 is 1. The fourth-order valence-electron chi connectivity index (χ4n) is 2.39. The summed E-state index contributed by atoms with van der Waals surface area (Å²) < 4.78 is 24.9. The summed E-state index contributed by atoms with van der Waals surface area (Å²) in [6.07, 6.45) is 0.105. The van der Waals surface area contributed by atoms with Crippen LogP contribution >= 0.6 is 15.9 Å². The first-order valence-corrected chi connectivity index (χ1v) is 8.80. The number of aromatic nitrogens is 2. The van der Waals surface area contributed by atoms with Crippen LogP contribution in [0.1, 0.15) is 39.5 Å². The van der Waals surface area contributed by atoms with Gasteiger partial charge in [-0.1, -0.05) is 0 Å². The molecule has 0 saturated heterocycles. The van der Waals surface area contributed by atoms with E-state index in [-0.39, 0.29) is 31.0 Å². The van der Waals surface area contributed by atoms with E-state index in [1.54, 1.807) is 23.7 Å². The number of benzene rings is 1. The van der Waals surface area contributed by atoms with E-state index in [0.29, 0.717) is 27.5 Å². The van der Waals surface area contributed by atoms with Crippen LogP contribution in [0.2, 0.25) is 0 Å². The summed E-state index contributed by atoms with van der Waals surface area (Å²) in [6.45, 7) is 1.14. The first-order chi connectivity index (χ1) is 12.4. The van der Waals surface area contributed by atoms with Gasteiger partial charge in [0.15, 0.2) is 28.9 Å². The van der Waals surface area contributed by atoms with Crippen LogP contribution in [0.25, 0.3) is 0 Å². The molecule has 1 aromatic heterocycles. The van der Waals surface area contributed by atoms with Crippen molar-refractivity contribution in [1.82, 2.24) is 9.55 Å². The number of nitrogens with zero attached hydrogens (tertiary/aromatic N) is 2. The Morgan fingerprint density at radius 1 is 1.23 bits per heavy atom. The van der Waals surface area contributed by atoms with E-state index in [1.165, 1.54) is 13.2 Å². The Morgan fingerprint density at radius 3 is 2.50 bits per heavy atom. The quantitative estimate of drug-likeness (QED) is 0.571. The molecule has 0 saturated carbocycles. The van der Waals surface area contributed by atoms with Gasteiger partial charge in [-0.15, -0.1) is 0 Å². The third-order valence-corrected chi connectivity index (χ3v) is 4.72. The van der Waals surface area contributed by atoms with E-state index in [1.807, 2.05) is 6.92 Å². The highest BCUT2D eigenvalue weighted by molar-refractivity contribution is 9.10. The molecule has 2 aromatic rings. The van der Waals surface area contributed by atoms with Crippen molar-refractivity contribution in [3.05, 3.63) is 39.9 Å². The smallest absolute Gasteiger partial charge is 0.198 e. The molecule has 26 heavy (non-hydrogen) atoms. The Bertz CT molecular complexity index is 820. The number of hydrogen-bond acceptors (Lipinski definition) is 5. The van der Waals surface area contributed by atoms with Gasteiger partial charge in [0.2, 0.25) is 0 Å². The fraction of sp³-hybridized carbons (Fsp3) is 0.389. The lowest BCUT2D eigenvalue weighted by molar-refractivity contribution is 0.0910. The first-order valence-electron chi connectivity index (χ1n) is 8.01. The zero-order chi connectivity index (χ0) is 19.3. The maximum absolute atomic E-state index is 12.4. The van der Waals surface area contributed by atoms with E-state index < -0.39 is 6.67 Å². The number of carbonyl (C=O) groups is 2. The number of alkyl halides is 1. The highest BCUT2D eigenvalue weighted by Crippen LogP contribution is 2.28. The number of ether oxygens (including phenoxy) is 2. The number of ketones is 2. The van der Waals surface area contributed by atoms with Crippen LogP contribution in [0.4, 0.5) is 4.39 Å². The molecule has 0 aliphatic rings. The Morgan fingerprint density at radius 2 is 1.92 bits per heavy atom. The molecule has 0 aliphatic heterocycles. The maximum Gasteiger partial charge on any atom is 0.198 e. The lowest BCUT2D eigenvalue weighted by Gasteiger charge is -2.11. The number of carbonyl (C=O) groups excluding carboxylic acids is 2. The summed E-state index contributed by atoms with van der Waals surface area (Å²) in [4.78, 5) is 28.9. The molecule has 2 rings (SSSR count). The molecule has 8 heteroatoms. The number of Topliss-reactive ketones (excluding diaryl/α,β-unsaturated/α-hetero) is 2. The van der Waals surface area contributed by atoms with Crippen molar-refractivity contribution in [3.8, 4) is 11.5 Å². The lowest BCUT2D eigenvalue weighted by Crippen LogP contribution is -2.11. The minimum atomic E-state index is -0.616. The Labute approximate surface area is 159 Å². The largest absolute Gasteiger partial charge is 0.493 e. The minimum absolute atomic E-state index is 0.0518. The van der Waals surface area contributed by atoms with Gasteiger partial charge >= 0.3 is 0 Å². The van der Waals surface area contributed by atoms with Gasteiger partial charge in [-0.2, -0.15) is 0 Å². The molecular formula is C18H20BrFN2O4. The van der Waals surface area contributed by atoms with Crippen LogP contribution < -0.4 is 9.47 Å². The molecule has 0 bridgehead atoms. The predicted octanol–water partition coefficient (Wildman–Crippen LogP) is 3.69. The highest BCUT2D eigenvalue weighted by Gasteiger charge is 2.18. The van der Waals surface area contributed by atoms with Gasteiger partial charge in [0.25, 0.3) is 0 Å². The van der Waals surface area contributed by atoms with Gasteiger partial charge in [0, 0.05) is 31.1 Å². The van der Waals surface area contributed by atoms with Crippen LogP contribution in [-0.4, -0.2) is 41.5 Å². The molecule has 0 atom stereocenters. The SMILES string of the molecule is COc1cc(C(=O)CCC(=O)c2nc(Br)c(C)n2C)ccc1OCCF. The van der Waals surface area contributed by atoms with Crippen LogP contribution in [0.15, 0.2) is 22.8 Å². The molecule has 0 spiro atoms. The molecule has 0 unspecified atom stereocenters. The topological polar surface area (TPSA) is 70.4 Å². The Hall–Kier alpha value is -2.22. The van der Waals surface area contributed by atoms with Crippen molar-refractivity contribution in [1.29, 1.82) is 0 Å². The van der Waals surface area contributed by atoms with Gasteiger partial charge in [-0.05, 0) is 41.1 Å². The van der Waals surface area contributed by atoms with Crippen LogP contribution in [0.5, 0.6) is 11.5 Å². The van der Waals surface area contributed by atoms with Gasteiger partial charge in [0.05, 0.1) is 7.11 Å². The van der Waals surface area contributed by atoms with Crippen molar-refractivity contribution < 1.29 is 23.5 Å². The second-order valence-corrected chi connectivity index (χ2v) is 6.37. The summed E-state index contributed by atoms with van der Waals surface area (Å²) in [5.74, 6) is 0.628. The number of rotatable bonds is 9. The van der Waals surface area contributed by atoms with Gasteiger partial charge < -0.3 is 14.0 Å². The number of imidazole rings is 1. The summed E-state index contributed by atoms with van der Waals surface area (Å²) >= 11 is 3.29. The van der Waals surface area contributed by atoms with Crippen LogP contribution in [0, 0.1) is 6.92 Å². The molecule has 0 radical (unpaired) electrons. The zero-order valence-electron chi connectivity index (χ0n) is 14.8. The Kier molecular flexibility index (Phi) is 6.90. The van der Waals surface area contributed by atoms with Crippen LogP contribution in [0.3, 0.4) is 0 Å².